The first kappa shape index (κ1) is 54.5. The van der Waals surface area contributed by atoms with Gasteiger partial charge in [-0.2, -0.15) is 0 Å². The highest BCUT2D eigenvalue weighted by atomic mass is 32.1. The largest absolute Gasteiger partial charge is 0.391 e. The number of rotatable bonds is 19. The number of amides is 4. The molecule has 20 heteroatoms. The molecule has 0 spiro atoms. The Hall–Kier alpha value is -6.77. The summed E-state index contributed by atoms with van der Waals surface area (Å²) in [5.41, 5.74) is 6.04. The summed E-state index contributed by atoms with van der Waals surface area (Å²) in [5, 5.41) is 19.5. The number of pyridine rings is 1. The Labute approximate surface area is 440 Å². The van der Waals surface area contributed by atoms with Crippen LogP contribution in [0.15, 0.2) is 66.4 Å². The number of aryl methyl sites for hydroxylation is 2. The quantitative estimate of drug-likeness (QED) is 0.0570. The molecule has 4 aromatic heterocycles. The van der Waals surface area contributed by atoms with Crippen molar-refractivity contribution in [3.63, 3.8) is 0 Å². The van der Waals surface area contributed by atoms with Gasteiger partial charge in [0.1, 0.15) is 34.9 Å². The van der Waals surface area contributed by atoms with Gasteiger partial charge in [-0.15, -0.1) is 11.3 Å². The van der Waals surface area contributed by atoms with E-state index in [2.05, 4.69) is 45.8 Å². The van der Waals surface area contributed by atoms with Crippen LogP contribution in [0.4, 0.5) is 20.5 Å². The highest BCUT2D eigenvalue weighted by molar-refractivity contribution is 7.13. The van der Waals surface area contributed by atoms with Gasteiger partial charge in [0.05, 0.1) is 33.9 Å². The molecule has 0 radical (unpaired) electrons. The normalized spacial score (nSPS) is 16.7. The third kappa shape index (κ3) is 13.4. The molecule has 4 N–H and O–H groups in total. The predicted molar refractivity (Wildman–Crippen MR) is 285 cm³/mol. The van der Waals surface area contributed by atoms with E-state index in [9.17, 15) is 24.3 Å². The van der Waals surface area contributed by atoms with E-state index in [-0.39, 0.29) is 72.4 Å². The van der Waals surface area contributed by atoms with E-state index < -0.39 is 41.1 Å². The average Bonchev–Trinajstić information content (AvgIpc) is 4.10. The van der Waals surface area contributed by atoms with Crippen LogP contribution in [0.25, 0.3) is 32.7 Å². The van der Waals surface area contributed by atoms with E-state index in [0.29, 0.717) is 69.1 Å². The minimum absolute atomic E-state index is 0.00115. The fraction of sp³-hybridized carbons (Fsp3) is 0.473. The summed E-state index contributed by atoms with van der Waals surface area (Å²) in [6.07, 6.45) is 5.53. The Balaban J connectivity index is 0.727. The zero-order valence-corrected chi connectivity index (χ0v) is 44.6. The van der Waals surface area contributed by atoms with E-state index in [1.807, 2.05) is 93.8 Å². The maximum atomic E-state index is 15.2. The zero-order valence-electron chi connectivity index (χ0n) is 43.8. The van der Waals surface area contributed by atoms with Crippen LogP contribution in [0.3, 0.4) is 0 Å². The molecule has 4 amide bonds. The number of benzene rings is 2. The molecule has 2 fully saturated rings. The zero-order chi connectivity index (χ0) is 53.6. The van der Waals surface area contributed by atoms with E-state index in [1.54, 1.807) is 29.7 Å². The number of nitrogens with zero attached hydrogens (tertiary/aromatic N) is 9. The van der Waals surface area contributed by atoms with Crippen LogP contribution in [0.5, 0.6) is 0 Å². The highest BCUT2D eigenvalue weighted by Crippen LogP contribution is 2.32. The minimum Gasteiger partial charge on any atom is -0.391 e. The number of aliphatic hydroxyl groups is 1. The number of carbonyl (C=O) groups is 4. The summed E-state index contributed by atoms with van der Waals surface area (Å²) < 4.78 is 32.2. The van der Waals surface area contributed by atoms with Crippen molar-refractivity contribution in [2.24, 2.45) is 5.41 Å². The second-order valence-electron chi connectivity index (χ2n) is 21.0. The summed E-state index contributed by atoms with van der Waals surface area (Å²) in [4.78, 5) is 82.3. The Morgan fingerprint density at radius 2 is 1.56 bits per heavy atom. The summed E-state index contributed by atoms with van der Waals surface area (Å²) in [5.74, 6) is -0.922. The summed E-state index contributed by atoms with van der Waals surface area (Å²) >= 11 is 1.57. The Morgan fingerprint density at radius 1 is 0.840 bits per heavy atom. The number of unbranched alkanes of at least 4 members (excludes halogenated alkanes) is 3. The van der Waals surface area contributed by atoms with Crippen molar-refractivity contribution in [3.05, 3.63) is 101 Å². The molecule has 0 saturated carbocycles. The van der Waals surface area contributed by atoms with Gasteiger partial charge >= 0.3 is 0 Å². The first-order valence-electron chi connectivity index (χ1n) is 25.8. The van der Waals surface area contributed by atoms with Crippen LogP contribution in [0, 0.1) is 30.9 Å². The SMILES string of the molecule is Cc1ncsc1-c1ccc(CNC(=O)[C@@H]2C[C@@H](O)CN2C(=O)C(NC(=O)CCCCCCC(=O)N2CCN(Cc3ccc(Nc4ncc(F)c(-c5cc(F)c6nc(C)n(C(C)C)c6c5)n4)nc3)CC2)C(C)(C)C)cc1. The number of hydrogen-bond acceptors (Lipinski definition) is 13. The molecule has 2 aromatic carbocycles. The predicted octanol–water partition coefficient (Wildman–Crippen LogP) is 8.03. The Morgan fingerprint density at radius 3 is 2.23 bits per heavy atom. The summed E-state index contributed by atoms with van der Waals surface area (Å²) in [6.45, 7) is 16.9. The number of halogens is 2. The third-order valence-electron chi connectivity index (χ3n) is 13.9. The van der Waals surface area contributed by atoms with Gasteiger partial charge in [0.15, 0.2) is 11.6 Å². The second-order valence-corrected chi connectivity index (χ2v) is 21.9. The van der Waals surface area contributed by atoms with Gasteiger partial charge in [-0.05, 0) is 80.8 Å². The van der Waals surface area contributed by atoms with Crippen LogP contribution in [-0.2, 0) is 32.3 Å². The molecule has 6 heterocycles. The molecule has 0 aliphatic carbocycles. The van der Waals surface area contributed by atoms with Gasteiger partial charge in [-0.1, -0.05) is 63.9 Å². The Kier molecular flexibility index (Phi) is 17.3. The number of likely N-dealkylation sites (tertiary alicyclic amines) is 1. The van der Waals surface area contributed by atoms with E-state index in [1.165, 1.54) is 11.0 Å². The van der Waals surface area contributed by atoms with Gasteiger partial charge in [-0.25, -0.2) is 33.7 Å². The maximum Gasteiger partial charge on any atom is 0.246 e. The monoisotopic (exact) mass is 1050 g/mol. The van der Waals surface area contributed by atoms with E-state index >= 15 is 8.78 Å². The van der Waals surface area contributed by atoms with E-state index in [4.69, 9.17) is 0 Å². The lowest BCUT2D eigenvalue weighted by Gasteiger charge is -2.35. The maximum absolute atomic E-state index is 15.2. The average molecular weight is 1050 g/mol. The number of thiazole rings is 1. The van der Waals surface area contributed by atoms with E-state index in [0.717, 1.165) is 46.3 Å². The van der Waals surface area contributed by atoms with Crippen LogP contribution in [0.1, 0.15) is 108 Å². The number of nitrogens with one attached hydrogen (secondary N) is 3. The molecule has 1 unspecified atom stereocenters. The van der Waals surface area contributed by atoms with Crippen molar-refractivity contribution in [2.45, 2.75) is 131 Å². The number of carbonyl (C=O) groups excluding carboxylic acids is 4. The summed E-state index contributed by atoms with van der Waals surface area (Å²) in [7, 11) is 0. The molecule has 2 saturated heterocycles. The second kappa shape index (κ2) is 23.8. The molecule has 6 aromatic rings. The van der Waals surface area contributed by atoms with Gasteiger partial charge in [0.2, 0.25) is 29.6 Å². The highest BCUT2D eigenvalue weighted by Gasteiger charge is 2.44. The van der Waals surface area contributed by atoms with Crippen LogP contribution >= 0.6 is 11.3 Å². The third-order valence-corrected chi connectivity index (χ3v) is 14.9. The molecular formula is C55H68F2N12O5S. The number of β-amino-alcohol motifs (C(OH)–C–C–N with tert-alkyl or cyclic N) is 1. The van der Waals surface area contributed by atoms with Crippen molar-refractivity contribution in [1.29, 1.82) is 0 Å². The van der Waals surface area contributed by atoms with Crippen molar-refractivity contribution in [1.82, 2.24) is 54.8 Å². The fourth-order valence-corrected chi connectivity index (χ4v) is 10.7. The number of fused-ring (bicyclic) bond motifs is 1. The molecule has 2 aliphatic rings. The van der Waals surface area contributed by atoms with Crippen molar-refractivity contribution in [2.75, 3.05) is 38.0 Å². The molecular weight excluding hydrogens is 979 g/mol. The Bertz CT molecular complexity index is 2990. The molecule has 2 aliphatic heterocycles. The van der Waals surface area contributed by atoms with Crippen LogP contribution in [-0.4, -0.2) is 124 Å². The number of hydrogen-bond donors (Lipinski definition) is 4. The van der Waals surface area contributed by atoms with Crippen molar-refractivity contribution < 1.29 is 33.1 Å². The number of imidazole rings is 1. The summed E-state index contributed by atoms with van der Waals surface area (Å²) in [6, 6.07) is 12.8. The van der Waals surface area contributed by atoms with Gasteiger partial charge in [0, 0.05) is 82.9 Å². The first-order chi connectivity index (χ1) is 35.8. The molecule has 17 nitrogen and oxygen atoms in total. The van der Waals surface area contributed by atoms with Gasteiger partial charge in [0.25, 0.3) is 0 Å². The number of piperazine rings is 1. The molecule has 3 atom stereocenters. The van der Waals surface area contributed by atoms with Crippen molar-refractivity contribution in [3.8, 4) is 21.7 Å². The standard InChI is InChI=1S/C55H68F2N12O5S/c1-33(2)69-35(4)62-49-41(56)24-39(25-43(49)69)48-42(57)29-60-54(65-48)63-45-19-16-37(28-58-45)30-66-20-22-67(23-21-66)47(72)13-11-9-8-10-12-46(71)64-51(55(5,6)7)53(74)68-31-40(70)26-44(68)52(73)59-27-36-14-17-38(18-15-36)50-34(3)61-32-75-50/h14-19,24-25,28-29,32-33,40,44,51,70H,8-13,20-23,26-27,30-31H2,1-7H3,(H,59,73)(H,64,71)(H,58,60,63,65)/t40-,44+,51?/m1/s1. The number of aliphatic hydroxyl groups excluding tert-OH is 1. The van der Waals surface area contributed by atoms with Gasteiger partial charge in [-0.3, -0.25) is 24.1 Å². The van der Waals surface area contributed by atoms with Crippen molar-refractivity contribution >= 4 is 57.8 Å². The minimum atomic E-state index is -0.902. The smallest absolute Gasteiger partial charge is 0.246 e. The molecule has 0 bridgehead atoms. The number of aromatic nitrogens is 6. The first-order valence-corrected chi connectivity index (χ1v) is 26.7. The lowest BCUT2D eigenvalue weighted by molar-refractivity contribution is -0.144. The molecule has 75 heavy (non-hydrogen) atoms. The lowest BCUT2D eigenvalue weighted by Crippen LogP contribution is -2.57. The van der Waals surface area contributed by atoms with Crippen LogP contribution in [0.2, 0.25) is 0 Å². The van der Waals surface area contributed by atoms with Gasteiger partial charge < -0.3 is 35.4 Å². The topological polar surface area (TPSA) is 204 Å². The molecule has 398 valence electrons. The van der Waals surface area contributed by atoms with Crippen LogP contribution < -0.4 is 16.0 Å². The molecule has 8 rings (SSSR count). The lowest BCUT2D eigenvalue weighted by atomic mass is 9.85. The fourth-order valence-electron chi connectivity index (χ4n) is 9.89. The number of anilines is 2.